The standard InChI is InChI=1S/C14H13BrO3S/c1-2-17-13-7-10(8-16)6-12(15)14(13)18-9-11-4-3-5-19-11/h3-8H,2,9H2,1H3. The van der Waals surface area contributed by atoms with E-state index < -0.39 is 0 Å². The average molecular weight is 341 g/mol. The van der Waals surface area contributed by atoms with E-state index in [1.807, 2.05) is 24.4 Å². The number of hydrogen-bond acceptors (Lipinski definition) is 4. The lowest BCUT2D eigenvalue weighted by atomic mass is 10.2. The maximum Gasteiger partial charge on any atom is 0.175 e. The molecule has 100 valence electrons. The summed E-state index contributed by atoms with van der Waals surface area (Å²) in [6.07, 6.45) is 0.788. The van der Waals surface area contributed by atoms with Gasteiger partial charge in [-0.1, -0.05) is 6.07 Å². The predicted octanol–water partition coefficient (Wildman–Crippen LogP) is 4.30. The Morgan fingerprint density at radius 1 is 1.37 bits per heavy atom. The molecule has 0 bridgehead atoms. The summed E-state index contributed by atoms with van der Waals surface area (Å²) in [4.78, 5) is 12.0. The zero-order valence-electron chi connectivity index (χ0n) is 10.4. The maximum absolute atomic E-state index is 10.9. The van der Waals surface area contributed by atoms with Crippen LogP contribution in [0.1, 0.15) is 22.2 Å². The summed E-state index contributed by atoms with van der Waals surface area (Å²) >= 11 is 5.05. The van der Waals surface area contributed by atoms with Crippen LogP contribution in [0.25, 0.3) is 0 Å². The number of carbonyl (C=O) groups is 1. The second-order valence-corrected chi connectivity index (χ2v) is 5.64. The highest BCUT2D eigenvalue weighted by molar-refractivity contribution is 9.10. The van der Waals surface area contributed by atoms with Gasteiger partial charge in [0.25, 0.3) is 0 Å². The summed E-state index contributed by atoms with van der Waals surface area (Å²) in [5.74, 6) is 1.20. The third-order valence-corrected chi connectivity index (χ3v) is 3.85. The fourth-order valence-corrected chi connectivity index (χ4v) is 2.79. The Morgan fingerprint density at radius 3 is 2.84 bits per heavy atom. The van der Waals surface area contributed by atoms with Crippen molar-refractivity contribution in [3.05, 3.63) is 44.6 Å². The molecule has 0 spiro atoms. The highest BCUT2D eigenvalue weighted by Gasteiger charge is 2.12. The van der Waals surface area contributed by atoms with Crippen molar-refractivity contribution in [3.63, 3.8) is 0 Å². The van der Waals surface area contributed by atoms with Crippen molar-refractivity contribution in [3.8, 4) is 11.5 Å². The van der Waals surface area contributed by atoms with Gasteiger partial charge in [-0.05, 0) is 46.4 Å². The van der Waals surface area contributed by atoms with Gasteiger partial charge in [0.1, 0.15) is 12.9 Å². The number of ether oxygens (including phenoxy) is 2. The van der Waals surface area contributed by atoms with Gasteiger partial charge in [0.05, 0.1) is 11.1 Å². The van der Waals surface area contributed by atoms with Crippen LogP contribution in [0.15, 0.2) is 34.1 Å². The van der Waals surface area contributed by atoms with Crippen LogP contribution in [0.5, 0.6) is 11.5 Å². The van der Waals surface area contributed by atoms with Crippen molar-refractivity contribution in [1.29, 1.82) is 0 Å². The molecule has 0 N–H and O–H groups in total. The van der Waals surface area contributed by atoms with E-state index in [9.17, 15) is 4.79 Å². The fraction of sp³-hybridized carbons (Fsp3) is 0.214. The average Bonchev–Trinajstić information content (AvgIpc) is 2.91. The molecule has 1 aromatic heterocycles. The molecule has 3 nitrogen and oxygen atoms in total. The predicted molar refractivity (Wildman–Crippen MR) is 79.3 cm³/mol. The van der Waals surface area contributed by atoms with Crippen LogP contribution in [0.2, 0.25) is 0 Å². The monoisotopic (exact) mass is 340 g/mol. The van der Waals surface area contributed by atoms with Crippen LogP contribution in [-0.4, -0.2) is 12.9 Å². The number of hydrogen-bond donors (Lipinski definition) is 0. The molecular formula is C14H13BrO3S. The topological polar surface area (TPSA) is 35.5 Å². The van der Waals surface area contributed by atoms with Gasteiger partial charge < -0.3 is 9.47 Å². The molecule has 2 rings (SSSR count). The van der Waals surface area contributed by atoms with Gasteiger partial charge in [-0.25, -0.2) is 0 Å². The zero-order chi connectivity index (χ0) is 13.7. The molecule has 0 saturated heterocycles. The first-order valence-corrected chi connectivity index (χ1v) is 7.48. The third kappa shape index (κ3) is 3.58. The molecular weight excluding hydrogens is 328 g/mol. The Hall–Kier alpha value is -1.33. The van der Waals surface area contributed by atoms with E-state index in [1.54, 1.807) is 23.5 Å². The van der Waals surface area contributed by atoms with E-state index in [1.165, 1.54) is 0 Å². The molecule has 0 aliphatic rings. The highest BCUT2D eigenvalue weighted by Crippen LogP contribution is 2.37. The van der Waals surface area contributed by atoms with Crippen molar-refractivity contribution < 1.29 is 14.3 Å². The summed E-state index contributed by atoms with van der Waals surface area (Å²) in [5.41, 5.74) is 0.554. The lowest BCUT2D eigenvalue weighted by Gasteiger charge is -2.13. The molecule has 0 aliphatic heterocycles. The molecule has 2 aromatic rings. The molecule has 0 unspecified atom stereocenters. The molecule has 0 atom stereocenters. The molecule has 0 saturated carbocycles. The third-order valence-electron chi connectivity index (χ3n) is 2.41. The summed E-state index contributed by atoms with van der Waals surface area (Å²) in [6, 6.07) is 7.40. The number of benzene rings is 1. The lowest BCUT2D eigenvalue weighted by molar-refractivity contribution is 0.112. The van der Waals surface area contributed by atoms with Crippen molar-refractivity contribution in [2.24, 2.45) is 0 Å². The normalized spacial score (nSPS) is 10.2. The highest BCUT2D eigenvalue weighted by atomic mass is 79.9. The SMILES string of the molecule is CCOc1cc(C=O)cc(Br)c1OCc1cccs1. The van der Waals surface area contributed by atoms with Crippen LogP contribution in [0.3, 0.4) is 0 Å². The van der Waals surface area contributed by atoms with Crippen LogP contribution in [0, 0.1) is 0 Å². The minimum Gasteiger partial charge on any atom is -0.490 e. The van der Waals surface area contributed by atoms with Crippen molar-refractivity contribution in [2.75, 3.05) is 6.61 Å². The number of carbonyl (C=O) groups excluding carboxylic acids is 1. The van der Waals surface area contributed by atoms with Crippen LogP contribution < -0.4 is 9.47 Å². The van der Waals surface area contributed by atoms with Gasteiger partial charge in [-0.3, -0.25) is 4.79 Å². The largest absolute Gasteiger partial charge is 0.490 e. The van der Waals surface area contributed by atoms with E-state index in [0.717, 1.165) is 15.6 Å². The molecule has 1 aromatic carbocycles. The van der Waals surface area contributed by atoms with E-state index in [-0.39, 0.29) is 0 Å². The van der Waals surface area contributed by atoms with Crippen LogP contribution >= 0.6 is 27.3 Å². The van der Waals surface area contributed by atoms with Gasteiger partial charge in [0, 0.05) is 10.4 Å². The lowest BCUT2D eigenvalue weighted by Crippen LogP contribution is -2.00. The van der Waals surface area contributed by atoms with E-state index in [2.05, 4.69) is 15.9 Å². The second-order valence-electron chi connectivity index (χ2n) is 3.75. The van der Waals surface area contributed by atoms with Crippen molar-refractivity contribution >= 4 is 33.6 Å². The molecule has 1 heterocycles. The molecule has 5 heteroatoms. The fourth-order valence-electron chi connectivity index (χ4n) is 1.60. The Labute approximate surface area is 124 Å². The number of halogens is 1. The number of thiophene rings is 1. The molecule has 0 aliphatic carbocycles. The zero-order valence-corrected chi connectivity index (χ0v) is 12.8. The van der Waals surface area contributed by atoms with E-state index >= 15 is 0 Å². The first-order chi connectivity index (χ1) is 9.24. The molecule has 0 amide bonds. The smallest absolute Gasteiger partial charge is 0.175 e. The van der Waals surface area contributed by atoms with E-state index in [0.29, 0.717) is 30.3 Å². The first-order valence-electron chi connectivity index (χ1n) is 5.81. The molecule has 19 heavy (non-hydrogen) atoms. The minimum absolute atomic E-state index is 0.483. The summed E-state index contributed by atoms with van der Waals surface area (Å²) in [7, 11) is 0. The molecule has 0 radical (unpaired) electrons. The number of rotatable bonds is 6. The van der Waals surface area contributed by atoms with E-state index in [4.69, 9.17) is 9.47 Å². The molecule has 0 fully saturated rings. The van der Waals surface area contributed by atoms with Crippen molar-refractivity contribution in [1.82, 2.24) is 0 Å². The van der Waals surface area contributed by atoms with Crippen LogP contribution in [-0.2, 0) is 6.61 Å². The Morgan fingerprint density at radius 2 is 2.21 bits per heavy atom. The maximum atomic E-state index is 10.9. The summed E-state index contributed by atoms with van der Waals surface area (Å²) < 4.78 is 12.0. The van der Waals surface area contributed by atoms with Crippen molar-refractivity contribution in [2.45, 2.75) is 13.5 Å². The quantitative estimate of drug-likeness (QED) is 0.735. The second kappa shape index (κ2) is 6.73. The Balaban J connectivity index is 2.24. The Bertz CT molecular complexity index is 552. The van der Waals surface area contributed by atoms with Gasteiger partial charge >= 0.3 is 0 Å². The van der Waals surface area contributed by atoms with Gasteiger partial charge in [-0.15, -0.1) is 11.3 Å². The van der Waals surface area contributed by atoms with Gasteiger partial charge in [0.2, 0.25) is 0 Å². The van der Waals surface area contributed by atoms with Gasteiger partial charge in [0.15, 0.2) is 11.5 Å². The Kier molecular flexibility index (Phi) is 4.99. The minimum atomic E-state index is 0.483. The van der Waals surface area contributed by atoms with Gasteiger partial charge in [-0.2, -0.15) is 0 Å². The first kappa shape index (κ1) is 14.1. The summed E-state index contributed by atoms with van der Waals surface area (Å²) in [6.45, 7) is 2.89. The van der Waals surface area contributed by atoms with Crippen LogP contribution in [0.4, 0.5) is 0 Å². The summed E-state index contributed by atoms with van der Waals surface area (Å²) in [5, 5.41) is 2.01. The number of aldehydes is 1.